The van der Waals surface area contributed by atoms with Gasteiger partial charge in [-0.3, -0.25) is 0 Å². The van der Waals surface area contributed by atoms with Crippen LogP contribution < -0.4 is 15.8 Å². The zero-order chi connectivity index (χ0) is 22.9. The van der Waals surface area contributed by atoms with Crippen LogP contribution in [-0.2, 0) is 14.0 Å². The van der Waals surface area contributed by atoms with Crippen molar-refractivity contribution in [3.8, 4) is 5.75 Å². The lowest BCUT2D eigenvalue weighted by atomic mass is 9.77. The average Bonchev–Trinajstić information content (AvgIpc) is 2.79. The predicted octanol–water partition coefficient (Wildman–Crippen LogP) is 4.47. The number of carbonyl (C=O) groups excluding carboxylic acids is 1. The summed E-state index contributed by atoms with van der Waals surface area (Å²) in [4.78, 5) is 12.2. The van der Waals surface area contributed by atoms with Crippen LogP contribution in [0.4, 0.5) is 10.5 Å². The lowest BCUT2D eigenvalue weighted by Crippen LogP contribution is -2.41. The van der Waals surface area contributed by atoms with E-state index in [0.717, 1.165) is 0 Å². The van der Waals surface area contributed by atoms with Crippen molar-refractivity contribution in [2.75, 3.05) is 19.4 Å². The maximum absolute atomic E-state index is 12.2. The van der Waals surface area contributed by atoms with Gasteiger partial charge in [-0.15, -0.1) is 0 Å². The number of halogens is 1. The zero-order valence-electron chi connectivity index (χ0n) is 19.0. The molecule has 1 fully saturated rings. The van der Waals surface area contributed by atoms with Crippen LogP contribution in [0.25, 0.3) is 6.08 Å². The molecular formula is C21H32BClN2O5. The summed E-state index contributed by atoms with van der Waals surface area (Å²) in [5.41, 5.74) is 6.02. The summed E-state index contributed by atoms with van der Waals surface area (Å²) in [6, 6.07) is 3.35. The van der Waals surface area contributed by atoms with Gasteiger partial charge in [0.2, 0.25) is 0 Å². The summed E-state index contributed by atoms with van der Waals surface area (Å²) in [7, 11) is 0.858. The molecule has 9 heteroatoms. The number of methoxy groups -OCH3 is 1. The number of nitrogens with one attached hydrogen (secondary N) is 1. The molecule has 0 aliphatic carbocycles. The first-order valence-corrected chi connectivity index (χ1v) is 10.2. The van der Waals surface area contributed by atoms with E-state index < -0.39 is 30.0 Å². The van der Waals surface area contributed by atoms with Crippen molar-refractivity contribution < 1.29 is 23.6 Å². The number of amides is 1. The Morgan fingerprint density at radius 3 is 2.30 bits per heavy atom. The molecule has 166 valence electrons. The molecule has 1 aromatic carbocycles. The molecular weight excluding hydrogens is 407 g/mol. The molecule has 0 aromatic heterocycles. The third-order valence-corrected chi connectivity index (χ3v) is 5.41. The highest BCUT2D eigenvalue weighted by Crippen LogP contribution is 2.39. The largest absolute Gasteiger partial charge is 0.495 e. The molecule has 1 aliphatic rings. The minimum atomic E-state index is -0.676. The predicted molar refractivity (Wildman–Crippen MR) is 121 cm³/mol. The number of ether oxygens (including phenoxy) is 2. The number of rotatable bonds is 5. The van der Waals surface area contributed by atoms with Crippen LogP contribution in [0.1, 0.15) is 54.0 Å². The van der Waals surface area contributed by atoms with Gasteiger partial charge in [-0.2, -0.15) is 0 Å². The Hall–Kier alpha value is -1.90. The number of nitrogen functional groups attached to an aromatic ring is 1. The first-order valence-electron chi connectivity index (χ1n) is 9.81. The summed E-state index contributed by atoms with van der Waals surface area (Å²) in [6.07, 6.45) is 1.27. The lowest BCUT2D eigenvalue weighted by Gasteiger charge is -2.32. The Kier molecular flexibility index (Phi) is 7.06. The van der Waals surface area contributed by atoms with Crippen LogP contribution >= 0.6 is 11.6 Å². The van der Waals surface area contributed by atoms with Gasteiger partial charge in [-0.1, -0.05) is 17.7 Å². The second kappa shape index (κ2) is 8.69. The molecule has 1 aliphatic heterocycles. The van der Waals surface area contributed by atoms with Crippen molar-refractivity contribution >= 4 is 36.6 Å². The fourth-order valence-electron chi connectivity index (χ4n) is 2.76. The number of hydrogen-bond acceptors (Lipinski definition) is 6. The van der Waals surface area contributed by atoms with Gasteiger partial charge in [-0.05, 0) is 71.6 Å². The van der Waals surface area contributed by atoms with Crippen LogP contribution in [0.15, 0.2) is 17.6 Å². The van der Waals surface area contributed by atoms with Gasteiger partial charge in [0.15, 0.2) is 0 Å². The minimum absolute atomic E-state index is 0.148. The Bertz CT molecular complexity index is 817. The summed E-state index contributed by atoms with van der Waals surface area (Å²) in [5.74, 6) is 0.499. The van der Waals surface area contributed by atoms with Gasteiger partial charge in [-0.25, -0.2) is 4.79 Å². The van der Waals surface area contributed by atoms with Crippen molar-refractivity contribution in [2.45, 2.75) is 65.3 Å². The zero-order valence-corrected chi connectivity index (χ0v) is 19.8. The van der Waals surface area contributed by atoms with Crippen LogP contribution in [0.5, 0.6) is 5.75 Å². The second-order valence-corrected chi connectivity index (χ2v) is 9.69. The van der Waals surface area contributed by atoms with E-state index in [-0.39, 0.29) is 6.54 Å². The number of anilines is 1. The summed E-state index contributed by atoms with van der Waals surface area (Å²) in [5, 5.41) is 3.21. The van der Waals surface area contributed by atoms with Gasteiger partial charge < -0.3 is 29.8 Å². The van der Waals surface area contributed by atoms with Crippen molar-refractivity contribution in [2.24, 2.45) is 0 Å². The maximum Gasteiger partial charge on any atom is 0.492 e. The SMILES string of the molecule is COc1cc(C=C(CNC(=O)OC(C)(C)C)B2OC(C)(C)C(C)(C)O2)c(Cl)cc1N. The number of benzene rings is 1. The number of hydrogen-bond donors (Lipinski definition) is 2. The van der Waals surface area contributed by atoms with E-state index in [1.807, 2.05) is 33.8 Å². The fraction of sp³-hybridized carbons (Fsp3) is 0.571. The molecule has 0 atom stereocenters. The molecule has 1 saturated heterocycles. The van der Waals surface area contributed by atoms with E-state index in [0.29, 0.717) is 27.5 Å². The Balaban J connectivity index is 2.37. The molecule has 3 N–H and O–H groups in total. The van der Waals surface area contributed by atoms with Crippen molar-refractivity contribution in [1.82, 2.24) is 5.32 Å². The van der Waals surface area contributed by atoms with E-state index in [1.54, 1.807) is 32.9 Å². The highest BCUT2D eigenvalue weighted by molar-refractivity contribution is 6.56. The monoisotopic (exact) mass is 438 g/mol. The molecule has 1 amide bonds. The number of alkyl carbamates (subject to hydrolysis) is 1. The topological polar surface area (TPSA) is 92.0 Å². The molecule has 0 unspecified atom stereocenters. The van der Waals surface area contributed by atoms with Crippen LogP contribution in [0.2, 0.25) is 5.02 Å². The molecule has 2 rings (SSSR count). The Morgan fingerprint density at radius 1 is 1.23 bits per heavy atom. The van der Waals surface area contributed by atoms with Crippen LogP contribution in [0.3, 0.4) is 0 Å². The summed E-state index contributed by atoms with van der Waals surface area (Å²) < 4.78 is 23.0. The molecule has 0 radical (unpaired) electrons. The van der Waals surface area contributed by atoms with E-state index in [2.05, 4.69) is 5.32 Å². The summed E-state index contributed by atoms with van der Waals surface area (Å²) >= 11 is 6.40. The van der Waals surface area contributed by atoms with E-state index in [1.165, 1.54) is 7.11 Å². The lowest BCUT2D eigenvalue weighted by molar-refractivity contribution is 0.00578. The molecule has 0 saturated carbocycles. The quantitative estimate of drug-likeness (QED) is 0.520. The van der Waals surface area contributed by atoms with Gasteiger partial charge >= 0.3 is 13.2 Å². The highest BCUT2D eigenvalue weighted by Gasteiger charge is 2.52. The van der Waals surface area contributed by atoms with Crippen molar-refractivity contribution in [3.63, 3.8) is 0 Å². The third kappa shape index (κ3) is 5.83. The molecule has 1 heterocycles. The standard InChI is InChI=1S/C21H32BClN2O5/c1-19(2,3)28-18(26)25-12-14(22-29-20(4,5)21(6,7)30-22)9-13-10-17(27-8)16(24)11-15(13)23/h9-11H,12,24H2,1-8H3,(H,25,26). The Morgan fingerprint density at radius 2 is 1.80 bits per heavy atom. The first kappa shape index (κ1) is 24.4. The smallest absolute Gasteiger partial charge is 0.492 e. The molecule has 0 spiro atoms. The maximum atomic E-state index is 12.2. The first-order chi connectivity index (χ1) is 13.6. The van der Waals surface area contributed by atoms with Crippen molar-refractivity contribution in [3.05, 3.63) is 28.2 Å². The fourth-order valence-corrected chi connectivity index (χ4v) is 2.98. The normalized spacial score (nSPS) is 18.3. The molecule has 0 bridgehead atoms. The second-order valence-electron chi connectivity index (χ2n) is 9.28. The average molecular weight is 439 g/mol. The van der Waals surface area contributed by atoms with E-state index in [4.69, 9.17) is 36.1 Å². The molecule has 30 heavy (non-hydrogen) atoms. The molecule has 1 aromatic rings. The van der Waals surface area contributed by atoms with Gasteiger partial charge in [0.25, 0.3) is 0 Å². The Labute approximate surface area is 184 Å². The highest BCUT2D eigenvalue weighted by atomic mass is 35.5. The van der Waals surface area contributed by atoms with Gasteiger partial charge in [0.1, 0.15) is 11.4 Å². The minimum Gasteiger partial charge on any atom is -0.495 e. The van der Waals surface area contributed by atoms with E-state index >= 15 is 0 Å². The number of carbonyl (C=O) groups is 1. The third-order valence-electron chi connectivity index (χ3n) is 5.08. The molecule has 7 nitrogen and oxygen atoms in total. The van der Waals surface area contributed by atoms with Crippen LogP contribution in [0, 0.1) is 0 Å². The van der Waals surface area contributed by atoms with Gasteiger partial charge in [0, 0.05) is 6.54 Å². The summed E-state index contributed by atoms with van der Waals surface area (Å²) in [6.45, 7) is 13.4. The van der Waals surface area contributed by atoms with Crippen LogP contribution in [-0.4, -0.2) is 43.7 Å². The van der Waals surface area contributed by atoms with Crippen molar-refractivity contribution in [1.29, 1.82) is 0 Å². The van der Waals surface area contributed by atoms with Gasteiger partial charge in [0.05, 0.1) is 29.0 Å². The number of nitrogens with two attached hydrogens (primary N) is 1. The van der Waals surface area contributed by atoms with E-state index in [9.17, 15) is 4.79 Å².